The highest BCUT2D eigenvalue weighted by Crippen LogP contribution is 2.25. The Hall–Kier alpha value is -4.24. The van der Waals surface area contributed by atoms with Gasteiger partial charge in [0.05, 0.1) is 10.8 Å². The van der Waals surface area contributed by atoms with Gasteiger partial charge in [-0.15, -0.1) is 0 Å². The number of fused-ring (bicyclic) bond motifs is 2. The summed E-state index contributed by atoms with van der Waals surface area (Å²) in [5, 5.41) is 12.8. The first kappa shape index (κ1) is 30.0. The van der Waals surface area contributed by atoms with Gasteiger partial charge in [0.2, 0.25) is 11.0 Å². The Labute approximate surface area is 228 Å². The van der Waals surface area contributed by atoms with Crippen LogP contribution >= 0.6 is 0 Å². The molecular formula is C35H42N2O+2. The van der Waals surface area contributed by atoms with Gasteiger partial charge in [0.15, 0.2) is 12.4 Å². The first-order valence-electron chi connectivity index (χ1n) is 13.0. The molecule has 0 saturated carbocycles. The third-order valence-corrected chi connectivity index (χ3v) is 6.09. The number of hydrogen-bond donors (Lipinski definition) is 1. The second-order valence-electron chi connectivity index (χ2n) is 8.28. The van der Waals surface area contributed by atoms with Gasteiger partial charge in [0, 0.05) is 29.8 Å². The minimum absolute atomic E-state index is 0. The quantitative estimate of drug-likeness (QED) is 0.244. The highest BCUT2D eigenvalue weighted by Gasteiger charge is 2.08. The number of phenolic OH excluding ortho intramolecular Hbond substituents is 1. The van der Waals surface area contributed by atoms with Crippen molar-refractivity contribution in [1.29, 1.82) is 0 Å². The van der Waals surface area contributed by atoms with Crippen molar-refractivity contribution in [2.24, 2.45) is 14.1 Å². The van der Waals surface area contributed by atoms with E-state index in [-0.39, 0.29) is 13.2 Å². The van der Waals surface area contributed by atoms with Gasteiger partial charge in [-0.1, -0.05) is 89.8 Å². The molecule has 0 atom stereocenters. The van der Waals surface area contributed by atoms with E-state index in [0.717, 1.165) is 22.3 Å². The summed E-state index contributed by atoms with van der Waals surface area (Å²) in [6, 6.07) is 26.7. The van der Waals surface area contributed by atoms with Crippen molar-refractivity contribution in [1.82, 2.24) is 0 Å². The van der Waals surface area contributed by atoms with E-state index in [1.165, 1.54) is 21.8 Å². The van der Waals surface area contributed by atoms with Gasteiger partial charge < -0.3 is 5.11 Å². The second-order valence-corrected chi connectivity index (χ2v) is 8.28. The van der Waals surface area contributed by atoms with Gasteiger partial charge in [-0.25, -0.2) is 9.13 Å². The van der Waals surface area contributed by atoms with Crippen LogP contribution in [0.15, 0.2) is 91.3 Å². The van der Waals surface area contributed by atoms with Crippen LogP contribution in [-0.4, -0.2) is 5.11 Å². The predicted molar refractivity (Wildman–Crippen MR) is 166 cm³/mol. The molecule has 0 fully saturated rings. The Bertz CT molecular complexity index is 1550. The van der Waals surface area contributed by atoms with Crippen molar-refractivity contribution in [3.8, 4) is 5.75 Å². The van der Waals surface area contributed by atoms with Gasteiger partial charge in [-0.2, -0.15) is 0 Å². The fourth-order valence-electron chi connectivity index (χ4n) is 4.24. The first-order valence-corrected chi connectivity index (χ1v) is 13.0. The van der Waals surface area contributed by atoms with Crippen LogP contribution in [0, 0.1) is 0 Å². The smallest absolute Gasteiger partial charge is 0.212 e. The van der Waals surface area contributed by atoms with E-state index >= 15 is 0 Å². The zero-order valence-corrected chi connectivity index (χ0v) is 22.8. The van der Waals surface area contributed by atoms with Crippen molar-refractivity contribution in [2.75, 3.05) is 0 Å². The van der Waals surface area contributed by atoms with Crippen molar-refractivity contribution < 1.29 is 14.2 Å². The Morgan fingerprint density at radius 1 is 0.553 bits per heavy atom. The molecule has 5 aromatic rings. The topological polar surface area (TPSA) is 28.0 Å². The van der Waals surface area contributed by atoms with Crippen molar-refractivity contribution >= 4 is 46.1 Å². The van der Waals surface area contributed by atoms with E-state index < -0.39 is 0 Å². The lowest BCUT2D eigenvalue weighted by Gasteiger charge is -2.04. The number of hydrogen-bond acceptors (Lipinski definition) is 1. The third kappa shape index (κ3) is 6.74. The van der Waals surface area contributed by atoms with Gasteiger partial charge in [-0.05, 0) is 41.0 Å². The van der Waals surface area contributed by atoms with Crippen LogP contribution in [0.25, 0.3) is 46.1 Å². The van der Waals surface area contributed by atoms with Crippen molar-refractivity contribution in [3.05, 3.63) is 114 Å². The Morgan fingerprint density at radius 2 is 1.00 bits per heavy atom. The van der Waals surface area contributed by atoms with Crippen LogP contribution in [0.3, 0.4) is 0 Å². The average Bonchev–Trinajstić information content (AvgIpc) is 2.96. The van der Waals surface area contributed by atoms with Gasteiger partial charge in [-0.3, -0.25) is 0 Å². The van der Waals surface area contributed by atoms with Gasteiger partial charge >= 0.3 is 0 Å². The van der Waals surface area contributed by atoms with Crippen LogP contribution in [0.2, 0.25) is 0 Å². The highest BCUT2D eigenvalue weighted by molar-refractivity contribution is 5.90. The molecule has 3 aromatic carbocycles. The monoisotopic (exact) mass is 506 g/mol. The maximum Gasteiger partial charge on any atom is 0.212 e. The summed E-state index contributed by atoms with van der Waals surface area (Å²) in [4.78, 5) is 0. The maximum absolute atomic E-state index is 10.4. The fraction of sp³-hybridized carbons (Fsp3) is 0.200. The minimum Gasteiger partial charge on any atom is -0.507 e. The van der Waals surface area contributed by atoms with Crippen molar-refractivity contribution in [3.63, 3.8) is 0 Å². The van der Waals surface area contributed by atoms with Crippen molar-refractivity contribution in [2.45, 2.75) is 35.1 Å². The lowest BCUT2D eigenvalue weighted by Crippen LogP contribution is -2.28. The van der Waals surface area contributed by atoms with Gasteiger partial charge in [0.25, 0.3) is 0 Å². The summed E-state index contributed by atoms with van der Waals surface area (Å²) in [6.45, 7) is 8.00. The molecule has 0 amide bonds. The fourth-order valence-corrected chi connectivity index (χ4v) is 4.24. The van der Waals surface area contributed by atoms with Crippen LogP contribution in [0.4, 0.5) is 0 Å². The van der Waals surface area contributed by atoms with E-state index in [2.05, 4.69) is 101 Å². The predicted octanol–water partition coefficient (Wildman–Crippen LogP) is 8.38. The maximum atomic E-state index is 10.4. The number of para-hydroxylation sites is 2. The first-order chi connectivity index (χ1) is 18.1. The lowest BCUT2D eigenvalue weighted by molar-refractivity contribution is -0.645. The SMILES string of the molecule is C.CC.CC.C[n+]1ccc(/C=C/c2ccc(O)c(/C=C/c3cc[n+](C)c4ccccc34)c2)c2ccccc21. The van der Waals surface area contributed by atoms with Crippen LogP contribution < -0.4 is 9.13 Å². The molecule has 0 unspecified atom stereocenters. The number of pyridine rings is 2. The van der Waals surface area contributed by atoms with E-state index in [0.29, 0.717) is 0 Å². The number of rotatable bonds is 4. The minimum atomic E-state index is 0. The zero-order chi connectivity index (χ0) is 26.8. The van der Waals surface area contributed by atoms with Crippen LogP contribution in [0.1, 0.15) is 57.4 Å². The van der Waals surface area contributed by atoms with Crippen LogP contribution in [-0.2, 0) is 14.1 Å². The summed E-state index contributed by atoms with van der Waals surface area (Å²) in [6.07, 6.45) is 12.4. The number of nitrogens with zero attached hydrogens (tertiary/aromatic N) is 2. The zero-order valence-electron chi connectivity index (χ0n) is 22.8. The Balaban J connectivity index is 0.000000969. The highest BCUT2D eigenvalue weighted by atomic mass is 16.3. The molecule has 5 rings (SSSR count). The van der Waals surface area contributed by atoms with E-state index in [4.69, 9.17) is 0 Å². The Kier molecular flexibility index (Phi) is 11.4. The molecule has 196 valence electrons. The number of phenols is 1. The largest absolute Gasteiger partial charge is 0.507 e. The number of aromatic nitrogens is 2. The molecule has 0 aliphatic rings. The summed E-state index contributed by atoms with van der Waals surface area (Å²) in [5.41, 5.74) is 6.47. The lowest BCUT2D eigenvalue weighted by atomic mass is 10.0. The average molecular weight is 507 g/mol. The number of aromatic hydroxyl groups is 1. The Morgan fingerprint density at radius 3 is 1.53 bits per heavy atom. The van der Waals surface area contributed by atoms with Gasteiger partial charge in [0.1, 0.15) is 19.8 Å². The molecule has 2 heterocycles. The summed E-state index contributed by atoms with van der Waals surface area (Å²) in [7, 11) is 4.11. The third-order valence-electron chi connectivity index (χ3n) is 6.09. The summed E-state index contributed by atoms with van der Waals surface area (Å²) in [5.74, 6) is 0.270. The molecule has 38 heavy (non-hydrogen) atoms. The van der Waals surface area contributed by atoms with E-state index in [9.17, 15) is 5.11 Å². The normalized spacial score (nSPS) is 10.6. The number of benzene rings is 3. The molecular weight excluding hydrogens is 464 g/mol. The molecule has 0 saturated heterocycles. The summed E-state index contributed by atoms with van der Waals surface area (Å²) < 4.78 is 4.24. The van der Waals surface area contributed by atoms with E-state index in [1.54, 1.807) is 6.07 Å². The molecule has 0 spiro atoms. The second kappa shape index (κ2) is 14.5. The molecule has 3 nitrogen and oxygen atoms in total. The molecule has 0 bridgehead atoms. The number of aryl methyl sites for hydroxylation is 2. The summed E-state index contributed by atoms with van der Waals surface area (Å²) >= 11 is 0. The molecule has 0 aliphatic carbocycles. The molecule has 3 heteroatoms. The molecule has 1 N–H and O–H groups in total. The standard InChI is InChI=1S/C30H25N2O.2C2H6.CH4/c1-31-19-17-23(26-7-3-5-9-28(26)31)13-11-22-12-16-30(33)25(21-22)15-14-24-18-20-32(2)29-10-6-4-8-27(24)29;2*1-2;/h3-21H,1-2H3;2*1-2H3;1H4/q+1;;;/p+1. The molecule has 0 radical (unpaired) electrons. The molecule has 0 aliphatic heterocycles. The molecule has 2 aromatic heterocycles. The van der Waals surface area contributed by atoms with Crippen LogP contribution in [0.5, 0.6) is 5.75 Å². The van der Waals surface area contributed by atoms with E-state index in [1.807, 2.05) is 59.0 Å².